The van der Waals surface area contributed by atoms with Gasteiger partial charge in [-0.2, -0.15) is 11.8 Å². The molecule has 106 valence electrons. The summed E-state index contributed by atoms with van der Waals surface area (Å²) in [5.41, 5.74) is 7.30. The van der Waals surface area contributed by atoms with Gasteiger partial charge in [-0.25, -0.2) is 13.6 Å². The monoisotopic (exact) mass is 301 g/mol. The summed E-state index contributed by atoms with van der Waals surface area (Å²) >= 11 is 1.93. The van der Waals surface area contributed by atoms with Gasteiger partial charge in [0.15, 0.2) is 0 Å². The normalized spacial score (nSPS) is 19.4. The van der Waals surface area contributed by atoms with E-state index in [1.165, 1.54) is 12.1 Å². The summed E-state index contributed by atoms with van der Waals surface area (Å²) in [4.78, 5) is 2.25. The van der Waals surface area contributed by atoms with E-state index >= 15 is 0 Å². The molecule has 0 unspecified atom stereocenters. The van der Waals surface area contributed by atoms with Crippen molar-refractivity contribution in [1.29, 1.82) is 0 Å². The van der Waals surface area contributed by atoms with Gasteiger partial charge in [-0.15, -0.1) is 0 Å². The van der Waals surface area contributed by atoms with Crippen LogP contribution in [0.5, 0.6) is 0 Å². The Balaban J connectivity index is 2.31. The summed E-state index contributed by atoms with van der Waals surface area (Å²) in [6.45, 7) is 6.18. The molecule has 0 radical (unpaired) electrons. The third kappa shape index (κ3) is 3.34. The van der Waals surface area contributed by atoms with E-state index in [1.54, 1.807) is 6.07 Å². The molecule has 1 aromatic rings. The number of rotatable bonds is 2. The zero-order valence-corrected chi connectivity index (χ0v) is 12.7. The van der Waals surface area contributed by atoms with Crippen molar-refractivity contribution < 1.29 is 8.42 Å². The molecule has 7 heteroatoms. The Kier molecular flexibility index (Phi) is 3.72. The molecule has 1 aliphatic rings. The fourth-order valence-electron chi connectivity index (χ4n) is 2.22. The van der Waals surface area contributed by atoms with E-state index in [-0.39, 0.29) is 9.64 Å². The Morgan fingerprint density at radius 2 is 2.05 bits per heavy atom. The minimum Gasteiger partial charge on any atom is -0.397 e. The SMILES string of the molecule is CC1(C)CN(c2ccc(S(N)(=O)=O)cc2N)CCS1. The topological polar surface area (TPSA) is 89.4 Å². The zero-order chi connectivity index (χ0) is 14.3. The van der Waals surface area contributed by atoms with Crippen LogP contribution in [-0.4, -0.2) is 32.0 Å². The Morgan fingerprint density at radius 1 is 1.37 bits per heavy atom. The van der Waals surface area contributed by atoms with Gasteiger partial charge < -0.3 is 10.6 Å². The fraction of sp³-hybridized carbons (Fsp3) is 0.500. The lowest BCUT2D eigenvalue weighted by Crippen LogP contribution is -2.43. The second kappa shape index (κ2) is 4.88. The van der Waals surface area contributed by atoms with Crippen LogP contribution in [0.1, 0.15) is 13.8 Å². The molecule has 1 heterocycles. The first kappa shape index (κ1) is 14.5. The number of thioether (sulfide) groups is 1. The molecule has 0 saturated carbocycles. The van der Waals surface area contributed by atoms with E-state index in [0.717, 1.165) is 24.5 Å². The van der Waals surface area contributed by atoms with Crippen LogP contribution in [0.3, 0.4) is 0 Å². The van der Waals surface area contributed by atoms with Crippen molar-refractivity contribution >= 4 is 33.2 Å². The number of primary sulfonamides is 1. The summed E-state index contributed by atoms with van der Waals surface area (Å²) in [5, 5.41) is 5.10. The second-order valence-electron chi connectivity index (χ2n) is 5.30. The van der Waals surface area contributed by atoms with Gasteiger partial charge in [-0.05, 0) is 32.0 Å². The van der Waals surface area contributed by atoms with Crippen molar-refractivity contribution in [3.63, 3.8) is 0 Å². The van der Waals surface area contributed by atoms with Crippen LogP contribution in [0, 0.1) is 0 Å². The van der Waals surface area contributed by atoms with Crippen molar-refractivity contribution in [3.8, 4) is 0 Å². The first-order chi connectivity index (χ1) is 8.69. The molecule has 0 aromatic heterocycles. The molecule has 0 bridgehead atoms. The van der Waals surface area contributed by atoms with E-state index in [2.05, 4.69) is 18.7 Å². The Labute approximate surface area is 118 Å². The maximum atomic E-state index is 11.3. The molecule has 1 aromatic carbocycles. The summed E-state index contributed by atoms with van der Waals surface area (Å²) in [5.74, 6) is 1.03. The maximum Gasteiger partial charge on any atom is 0.238 e. The highest BCUT2D eigenvalue weighted by atomic mass is 32.2. The lowest BCUT2D eigenvalue weighted by Gasteiger charge is -2.39. The molecule has 0 amide bonds. The van der Waals surface area contributed by atoms with Gasteiger partial charge >= 0.3 is 0 Å². The highest BCUT2D eigenvalue weighted by molar-refractivity contribution is 8.00. The number of nitrogen functional groups attached to an aromatic ring is 1. The maximum absolute atomic E-state index is 11.3. The average molecular weight is 301 g/mol. The lowest BCUT2D eigenvalue weighted by molar-refractivity contribution is 0.597. The molecule has 1 saturated heterocycles. The fourth-order valence-corrected chi connectivity index (χ4v) is 3.88. The van der Waals surface area contributed by atoms with E-state index in [9.17, 15) is 8.42 Å². The number of hydrogen-bond acceptors (Lipinski definition) is 5. The number of nitrogens with zero attached hydrogens (tertiary/aromatic N) is 1. The average Bonchev–Trinajstić information content (AvgIpc) is 2.26. The van der Waals surface area contributed by atoms with Crippen molar-refractivity contribution in [2.24, 2.45) is 5.14 Å². The minimum atomic E-state index is -3.70. The van der Waals surface area contributed by atoms with Crippen LogP contribution in [-0.2, 0) is 10.0 Å². The number of nitrogens with two attached hydrogens (primary N) is 2. The third-order valence-corrected chi connectivity index (χ3v) is 5.30. The Hall–Kier alpha value is -0.920. The number of sulfonamides is 1. The third-order valence-electron chi connectivity index (χ3n) is 3.09. The second-order valence-corrected chi connectivity index (χ2v) is 8.66. The van der Waals surface area contributed by atoms with Crippen molar-refractivity contribution in [3.05, 3.63) is 18.2 Å². The summed E-state index contributed by atoms with van der Waals surface area (Å²) in [6.07, 6.45) is 0. The van der Waals surface area contributed by atoms with Gasteiger partial charge in [0.25, 0.3) is 0 Å². The van der Waals surface area contributed by atoms with E-state index < -0.39 is 10.0 Å². The van der Waals surface area contributed by atoms with Crippen LogP contribution < -0.4 is 15.8 Å². The van der Waals surface area contributed by atoms with Crippen molar-refractivity contribution in [2.75, 3.05) is 29.5 Å². The van der Waals surface area contributed by atoms with Crippen LogP contribution in [0.25, 0.3) is 0 Å². The van der Waals surface area contributed by atoms with Crippen molar-refractivity contribution in [1.82, 2.24) is 0 Å². The number of benzene rings is 1. The van der Waals surface area contributed by atoms with Crippen LogP contribution in [0.15, 0.2) is 23.1 Å². The lowest BCUT2D eigenvalue weighted by atomic mass is 10.1. The van der Waals surface area contributed by atoms with E-state index in [4.69, 9.17) is 10.9 Å². The Morgan fingerprint density at radius 3 is 2.58 bits per heavy atom. The Bertz CT molecular complexity index is 585. The van der Waals surface area contributed by atoms with Gasteiger partial charge in [0, 0.05) is 23.6 Å². The molecular formula is C12H19N3O2S2. The van der Waals surface area contributed by atoms with Crippen LogP contribution in [0.2, 0.25) is 0 Å². The smallest absolute Gasteiger partial charge is 0.238 e. The molecule has 5 nitrogen and oxygen atoms in total. The zero-order valence-electron chi connectivity index (χ0n) is 11.1. The van der Waals surface area contributed by atoms with Crippen LogP contribution >= 0.6 is 11.8 Å². The van der Waals surface area contributed by atoms with Gasteiger partial charge in [-0.1, -0.05) is 0 Å². The van der Waals surface area contributed by atoms with Gasteiger partial charge in [0.1, 0.15) is 0 Å². The van der Waals surface area contributed by atoms with Gasteiger partial charge in [0.05, 0.1) is 16.3 Å². The van der Waals surface area contributed by atoms with Gasteiger partial charge in [0.2, 0.25) is 10.0 Å². The molecule has 19 heavy (non-hydrogen) atoms. The standard InChI is InChI=1S/C12H19N3O2S2/c1-12(2)8-15(5-6-18-12)11-4-3-9(7-10(11)13)19(14,16)17/h3-4,7H,5-6,8,13H2,1-2H3,(H2,14,16,17). The predicted molar refractivity (Wildman–Crippen MR) is 81.0 cm³/mol. The van der Waals surface area contributed by atoms with E-state index in [0.29, 0.717) is 5.69 Å². The van der Waals surface area contributed by atoms with Crippen LogP contribution in [0.4, 0.5) is 11.4 Å². The predicted octanol–water partition coefficient (Wildman–Crippen LogP) is 1.25. The summed E-state index contributed by atoms with van der Waals surface area (Å²) in [7, 11) is -3.70. The molecule has 1 fully saturated rings. The quantitative estimate of drug-likeness (QED) is 0.802. The highest BCUT2D eigenvalue weighted by Crippen LogP contribution is 2.34. The molecular weight excluding hydrogens is 282 g/mol. The highest BCUT2D eigenvalue weighted by Gasteiger charge is 2.28. The number of anilines is 2. The minimum absolute atomic E-state index is 0.0550. The van der Waals surface area contributed by atoms with Gasteiger partial charge in [-0.3, -0.25) is 0 Å². The molecule has 0 aliphatic carbocycles. The molecule has 0 atom stereocenters. The van der Waals surface area contributed by atoms with Crippen molar-refractivity contribution in [2.45, 2.75) is 23.5 Å². The summed E-state index contributed by atoms with van der Waals surface area (Å²) in [6, 6.07) is 4.68. The summed E-state index contributed by atoms with van der Waals surface area (Å²) < 4.78 is 22.7. The largest absolute Gasteiger partial charge is 0.397 e. The molecule has 0 spiro atoms. The molecule has 1 aliphatic heterocycles. The first-order valence-electron chi connectivity index (χ1n) is 6.00. The molecule has 4 N–H and O–H groups in total. The van der Waals surface area contributed by atoms with E-state index in [1.807, 2.05) is 11.8 Å². The number of hydrogen-bond donors (Lipinski definition) is 2. The first-order valence-corrected chi connectivity index (χ1v) is 8.53. The molecule has 2 rings (SSSR count).